The number of hydrogen-bond acceptors (Lipinski definition) is 11. The highest BCUT2D eigenvalue weighted by atomic mass is 28.4. The van der Waals surface area contributed by atoms with Crippen molar-refractivity contribution < 1.29 is 42.6 Å². The number of nitrogens with zero attached hydrogens (tertiary/aromatic N) is 1. The number of aromatic nitrogens is 1. The molecule has 1 heterocycles. The Balaban J connectivity index is 1.71. The molecule has 0 spiro atoms. The van der Waals surface area contributed by atoms with Crippen LogP contribution in [0.1, 0.15) is 114 Å². The Morgan fingerprint density at radius 2 is 1.81 bits per heavy atom. The molecule has 12 heteroatoms. The normalized spacial score (nSPS) is 25.9. The summed E-state index contributed by atoms with van der Waals surface area (Å²) in [7, 11) is -2.87. The molecule has 0 amide bonds. The summed E-state index contributed by atoms with van der Waals surface area (Å²) < 4.78 is 29.5. The maximum atomic E-state index is 15.2. The average Bonchev–Trinajstić information content (AvgIpc) is 3.38. The lowest BCUT2D eigenvalue weighted by Gasteiger charge is -2.54. The van der Waals surface area contributed by atoms with E-state index in [1.165, 1.54) is 6.07 Å². The smallest absolute Gasteiger partial charge is 0.507 e. The molecule has 1 fully saturated rings. The molecule has 1 aromatic carbocycles. The van der Waals surface area contributed by atoms with Gasteiger partial charge < -0.3 is 34.0 Å². The first-order valence-electron chi connectivity index (χ1n) is 16.4. The van der Waals surface area contributed by atoms with Crippen LogP contribution in [-0.2, 0) is 14.0 Å². The molecule has 1 saturated carbocycles. The first kappa shape index (κ1) is 34.8. The fourth-order valence-electron chi connectivity index (χ4n) is 6.71. The number of fused-ring (bicyclic) bond motifs is 4. The Bertz CT molecular complexity index is 1630. The summed E-state index contributed by atoms with van der Waals surface area (Å²) in [6.07, 6.45) is 0.884. The summed E-state index contributed by atoms with van der Waals surface area (Å²) in [5, 5.41) is 15.7. The van der Waals surface area contributed by atoms with Crippen LogP contribution in [0.5, 0.6) is 11.6 Å². The number of rotatable bonds is 7. The first-order chi connectivity index (χ1) is 21.8. The standard InChI is InChI=1S/C35H48N2O9Si/c1-11-12-16-42-31-25-28(45-37-31)26(36)21-17-20-18(2)19-14-13-15-22(43-32(41)44-33(3,4)5)23(19)27(38)24(20)29(39)35(21,30(25)40)46-47(9,10)34(6,7)8/h13-15,18,20-21,26,38H,11-12,16-17,36H2,1-10H3/t18-,20+,21-,26-,35-/m0/s1. The molecule has 5 rings (SSSR count). The third kappa shape index (κ3) is 5.71. The van der Waals surface area contributed by atoms with Gasteiger partial charge in [-0.05, 0) is 80.4 Å². The summed E-state index contributed by atoms with van der Waals surface area (Å²) in [5.41, 5.74) is 4.99. The monoisotopic (exact) mass is 668 g/mol. The van der Waals surface area contributed by atoms with Gasteiger partial charge in [0.1, 0.15) is 22.7 Å². The predicted octanol–water partition coefficient (Wildman–Crippen LogP) is 7.42. The number of carbonyl (C=O) groups excluding carboxylic acids is 3. The molecule has 0 unspecified atom stereocenters. The van der Waals surface area contributed by atoms with Gasteiger partial charge in [-0.1, -0.05) is 53.2 Å². The Morgan fingerprint density at radius 1 is 1.13 bits per heavy atom. The fraction of sp³-hybridized carbons (Fsp3) is 0.600. The molecule has 11 nitrogen and oxygen atoms in total. The van der Waals surface area contributed by atoms with Gasteiger partial charge in [-0.25, -0.2) is 4.79 Å². The summed E-state index contributed by atoms with van der Waals surface area (Å²) in [6, 6.07) is 4.18. The molecule has 47 heavy (non-hydrogen) atoms. The molecule has 3 N–H and O–H groups in total. The van der Waals surface area contributed by atoms with Crippen LogP contribution in [0.25, 0.3) is 5.76 Å². The highest BCUT2D eigenvalue weighted by Gasteiger charge is 2.68. The molecule has 3 aliphatic carbocycles. The van der Waals surface area contributed by atoms with Crippen molar-refractivity contribution in [1.29, 1.82) is 0 Å². The van der Waals surface area contributed by atoms with Crippen LogP contribution in [0.3, 0.4) is 0 Å². The zero-order chi connectivity index (χ0) is 34.9. The van der Waals surface area contributed by atoms with E-state index >= 15 is 4.79 Å². The van der Waals surface area contributed by atoms with Gasteiger partial charge in [-0.15, -0.1) is 0 Å². The molecule has 1 aromatic heterocycles. The first-order valence-corrected chi connectivity index (χ1v) is 19.3. The van der Waals surface area contributed by atoms with E-state index in [2.05, 4.69) is 5.16 Å². The second kappa shape index (κ2) is 11.9. The van der Waals surface area contributed by atoms with Gasteiger partial charge in [0, 0.05) is 11.5 Å². The predicted molar refractivity (Wildman–Crippen MR) is 177 cm³/mol. The van der Waals surface area contributed by atoms with Gasteiger partial charge in [0.2, 0.25) is 11.6 Å². The van der Waals surface area contributed by atoms with Gasteiger partial charge in [-0.2, -0.15) is 0 Å². The number of nitrogens with two attached hydrogens (primary N) is 1. The van der Waals surface area contributed by atoms with Crippen molar-refractivity contribution in [2.24, 2.45) is 17.6 Å². The lowest BCUT2D eigenvalue weighted by atomic mass is 9.55. The minimum atomic E-state index is -2.87. The minimum Gasteiger partial charge on any atom is -0.507 e. The Morgan fingerprint density at radius 3 is 2.43 bits per heavy atom. The van der Waals surface area contributed by atoms with E-state index in [1.54, 1.807) is 26.8 Å². The van der Waals surface area contributed by atoms with Crippen LogP contribution >= 0.6 is 0 Å². The van der Waals surface area contributed by atoms with Crippen LogP contribution in [0, 0.1) is 11.8 Å². The number of aliphatic hydroxyl groups excluding tert-OH is 1. The summed E-state index contributed by atoms with van der Waals surface area (Å²) >= 11 is 0. The Kier molecular flexibility index (Phi) is 8.81. The largest absolute Gasteiger partial charge is 0.514 e. The number of aliphatic hydroxyl groups is 1. The summed E-state index contributed by atoms with van der Waals surface area (Å²) in [6.45, 7) is 19.4. The van der Waals surface area contributed by atoms with Crippen molar-refractivity contribution in [3.05, 3.63) is 46.2 Å². The summed E-state index contributed by atoms with van der Waals surface area (Å²) in [4.78, 5) is 42.9. The number of ketones is 2. The number of carbonyl (C=O) groups is 3. The molecule has 3 aliphatic rings. The molecule has 0 aliphatic heterocycles. The Labute approximate surface area is 277 Å². The molecular formula is C35H48N2O9Si. The number of unbranched alkanes of at least 4 members (excludes halogenated alkanes) is 1. The molecule has 0 bridgehead atoms. The number of Topliss-reactive ketones (excluding diaryl/α,β-unsaturated/α-hetero) is 2. The summed E-state index contributed by atoms with van der Waals surface area (Å²) in [5.74, 6) is -3.10. The highest BCUT2D eigenvalue weighted by molar-refractivity contribution is 6.74. The minimum absolute atomic E-state index is 0.00802. The molecular weight excluding hydrogens is 620 g/mol. The molecule has 0 radical (unpaired) electrons. The maximum absolute atomic E-state index is 15.2. The molecule has 2 aromatic rings. The Hall–Kier alpha value is -3.48. The van der Waals surface area contributed by atoms with Crippen molar-refractivity contribution in [2.75, 3.05) is 6.61 Å². The van der Waals surface area contributed by atoms with Crippen molar-refractivity contribution in [2.45, 2.75) is 116 Å². The van der Waals surface area contributed by atoms with E-state index in [-0.39, 0.29) is 57.2 Å². The highest BCUT2D eigenvalue weighted by Crippen LogP contribution is 2.59. The van der Waals surface area contributed by atoms with Gasteiger partial charge in [0.15, 0.2) is 19.7 Å². The SMILES string of the molecule is CCCCOc1noc2c1C(=O)[C@@]1(O[Si](C)(C)C(C)(C)C)C(=O)C3=C(O)c4c(OC(=O)OC(C)(C)C)cccc4[C@H](C)[C@H]3C[C@H]1[C@@H]2N. The van der Waals surface area contributed by atoms with Crippen LogP contribution in [0.15, 0.2) is 28.3 Å². The molecule has 256 valence electrons. The second-order valence-electron chi connectivity index (χ2n) is 15.5. The second-order valence-corrected chi connectivity index (χ2v) is 20.2. The van der Waals surface area contributed by atoms with Gasteiger partial charge in [0.25, 0.3) is 5.88 Å². The topological polar surface area (TPSA) is 160 Å². The average molecular weight is 669 g/mol. The van der Waals surface area contributed by atoms with Crippen molar-refractivity contribution in [3.8, 4) is 11.6 Å². The lowest BCUT2D eigenvalue weighted by Crippen LogP contribution is -2.68. The van der Waals surface area contributed by atoms with Crippen LogP contribution in [0.2, 0.25) is 18.1 Å². The van der Waals surface area contributed by atoms with E-state index in [0.717, 1.165) is 12.8 Å². The number of hydrogen-bond donors (Lipinski definition) is 2. The maximum Gasteiger partial charge on any atom is 0.514 e. The van der Waals surface area contributed by atoms with Crippen molar-refractivity contribution in [1.82, 2.24) is 5.16 Å². The van der Waals surface area contributed by atoms with E-state index in [0.29, 0.717) is 12.2 Å². The third-order valence-electron chi connectivity index (χ3n) is 10.2. The fourth-order valence-corrected chi connectivity index (χ4v) is 8.16. The zero-order valence-corrected chi connectivity index (χ0v) is 30.1. The lowest BCUT2D eigenvalue weighted by molar-refractivity contribution is -0.138. The van der Waals surface area contributed by atoms with Crippen LogP contribution in [0.4, 0.5) is 4.79 Å². The van der Waals surface area contributed by atoms with Gasteiger partial charge >= 0.3 is 6.16 Å². The zero-order valence-electron chi connectivity index (χ0n) is 29.1. The van der Waals surface area contributed by atoms with Crippen molar-refractivity contribution in [3.63, 3.8) is 0 Å². The van der Waals surface area contributed by atoms with Crippen molar-refractivity contribution >= 4 is 31.8 Å². The number of benzene rings is 1. The number of ether oxygens (including phenoxy) is 3. The van der Waals surface area contributed by atoms with Gasteiger partial charge in [-0.3, -0.25) is 9.59 Å². The van der Waals surface area contributed by atoms with E-state index in [4.69, 9.17) is 28.9 Å². The van der Waals surface area contributed by atoms with E-state index < -0.39 is 55.1 Å². The molecule has 0 saturated heterocycles. The quantitative estimate of drug-likeness (QED) is 0.0993. The molecule has 5 atom stereocenters. The van der Waals surface area contributed by atoms with Crippen LogP contribution in [-0.4, -0.2) is 54.1 Å². The van der Waals surface area contributed by atoms with E-state index in [9.17, 15) is 14.7 Å². The third-order valence-corrected chi connectivity index (χ3v) is 14.6. The van der Waals surface area contributed by atoms with Crippen LogP contribution < -0.4 is 15.2 Å². The van der Waals surface area contributed by atoms with E-state index in [1.807, 2.05) is 53.8 Å². The van der Waals surface area contributed by atoms with Gasteiger partial charge in [0.05, 0.1) is 18.2 Å².